The first kappa shape index (κ1) is 9.93. The summed E-state index contributed by atoms with van der Waals surface area (Å²) in [4.78, 5) is 3.56. The predicted octanol–water partition coefficient (Wildman–Crippen LogP) is 3.67. The van der Waals surface area contributed by atoms with Crippen molar-refractivity contribution in [3.8, 4) is 11.6 Å². The second kappa shape index (κ2) is 4.28. The lowest BCUT2D eigenvalue weighted by Crippen LogP contribution is -1.90. The van der Waals surface area contributed by atoms with Gasteiger partial charge in [-0.1, -0.05) is 29.8 Å². The molecule has 2 nitrogen and oxygen atoms in total. The first-order valence-electron chi connectivity index (χ1n) is 4.30. The fourth-order valence-corrected chi connectivity index (χ4v) is 1.26. The van der Waals surface area contributed by atoms with Crippen molar-refractivity contribution in [2.75, 3.05) is 0 Å². The minimum Gasteiger partial charge on any atom is -0.437 e. The molecule has 2 rings (SSSR count). The Bertz CT molecular complexity index is 476. The highest BCUT2D eigenvalue weighted by Crippen LogP contribution is 2.27. The van der Waals surface area contributed by atoms with Crippen molar-refractivity contribution in [1.82, 2.24) is 4.98 Å². The fourth-order valence-electron chi connectivity index (χ4n) is 1.09. The summed E-state index contributed by atoms with van der Waals surface area (Å²) in [5.74, 6) is 0.0555. The van der Waals surface area contributed by atoms with E-state index in [1.54, 1.807) is 30.3 Å². The Hall–Kier alpha value is -1.61. The number of nitrogens with zero attached hydrogens (tertiary/aromatic N) is 1. The number of benzene rings is 1. The Morgan fingerprint density at radius 3 is 2.60 bits per heavy atom. The third-order valence-electron chi connectivity index (χ3n) is 1.74. The van der Waals surface area contributed by atoms with Crippen LogP contribution in [-0.2, 0) is 0 Å². The number of rotatable bonds is 2. The third kappa shape index (κ3) is 2.44. The maximum atomic E-state index is 12.7. The van der Waals surface area contributed by atoms with E-state index in [0.717, 1.165) is 0 Å². The molecule has 1 aromatic heterocycles. The highest BCUT2D eigenvalue weighted by Gasteiger charge is 2.03. The van der Waals surface area contributed by atoms with Crippen molar-refractivity contribution in [1.29, 1.82) is 0 Å². The van der Waals surface area contributed by atoms with Crippen LogP contribution in [0.2, 0.25) is 5.02 Å². The van der Waals surface area contributed by atoms with Gasteiger partial charge < -0.3 is 4.74 Å². The monoisotopic (exact) mass is 223 g/mol. The molecule has 4 heteroatoms. The van der Waals surface area contributed by atoms with Crippen LogP contribution in [0, 0.1) is 5.95 Å². The number of halogens is 2. The van der Waals surface area contributed by atoms with Gasteiger partial charge in [0.15, 0.2) is 0 Å². The Balaban J connectivity index is 2.26. The Morgan fingerprint density at radius 2 is 1.87 bits per heavy atom. The molecule has 1 aromatic carbocycles. The molecule has 0 bridgehead atoms. The zero-order chi connectivity index (χ0) is 10.7. The van der Waals surface area contributed by atoms with Gasteiger partial charge in [-0.2, -0.15) is 9.37 Å². The molecule has 0 unspecified atom stereocenters. The first-order chi connectivity index (χ1) is 7.25. The Kier molecular flexibility index (Phi) is 2.83. The van der Waals surface area contributed by atoms with Crippen LogP contribution in [0.25, 0.3) is 0 Å². The molecule has 0 aliphatic rings. The zero-order valence-electron chi connectivity index (χ0n) is 7.65. The Morgan fingerprint density at radius 1 is 1.07 bits per heavy atom. The van der Waals surface area contributed by atoms with Crippen LogP contribution in [0.4, 0.5) is 4.39 Å². The highest BCUT2D eigenvalue weighted by molar-refractivity contribution is 6.32. The molecular weight excluding hydrogens is 217 g/mol. The average Bonchev–Trinajstić information content (AvgIpc) is 2.22. The highest BCUT2D eigenvalue weighted by atomic mass is 35.5. The van der Waals surface area contributed by atoms with E-state index in [2.05, 4.69) is 4.98 Å². The van der Waals surface area contributed by atoms with Crippen LogP contribution in [-0.4, -0.2) is 4.98 Å². The summed E-state index contributed by atoms with van der Waals surface area (Å²) in [5, 5.41) is 0.462. The van der Waals surface area contributed by atoms with Crippen LogP contribution in [0.3, 0.4) is 0 Å². The quantitative estimate of drug-likeness (QED) is 0.725. The average molecular weight is 224 g/mol. The molecular formula is C11H7ClFNO. The van der Waals surface area contributed by atoms with Crippen molar-refractivity contribution in [3.63, 3.8) is 0 Å². The van der Waals surface area contributed by atoms with E-state index in [1.165, 1.54) is 12.1 Å². The summed E-state index contributed by atoms with van der Waals surface area (Å²) < 4.78 is 18.1. The summed E-state index contributed by atoms with van der Waals surface area (Å²) in [6.45, 7) is 0. The molecule has 0 radical (unpaired) electrons. The van der Waals surface area contributed by atoms with Crippen LogP contribution in [0.15, 0.2) is 42.5 Å². The van der Waals surface area contributed by atoms with Gasteiger partial charge in [0, 0.05) is 6.07 Å². The maximum Gasteiger partial charge on any atom is 0.221 e. The van der Waals surface area contributed by atoms with E-state index >= 15 is 0 Å². The van der Waals surface area contributed by atoms with Gasteiger partial charge in [-0.25, -0.2) is 0 Å². The van der Waals surface area contributed by atoms with Gasteiger partial charge in [0.25, 0.3) is 0 Å². The predicted molar refractivity (Wildman–Crippen MR) is 55.7 cm³/mol. The Labute approximate surface area is 91.3 Å². The number of para-hydroxylation sites is 1. The van der Waals surface area contributed by atoms with Crippen LogP contribution >= 0.6 is 11.6 Å². The molecule has 0 fully saturated rings. The van der Waals surface area contributed by atoms with Gasteiger partial charge in [0.05, 0.1) is 5.02 Å². The van der Waals surface area contributed by atoms with E-state index < -0.39 is 5.95 Å². The lowest BCUT2D eigenvalue weighted by Gasteiger charge is -2.05. The van der Waals surface area contributed by atoms with Crippen molar-refractivity contribution in [3.05, 3.63) is 53.4 Å². The molecule has 0 saturated carbocycles. The molecule has 0 atom stereocenters. The zero-order valence-corrected chi connectivity index (χ0v) is 8.41. The molecule has 2 aromatic rings. The summed E-state index contributed by atoms with van der Waals surface area (Å²) in [6, 6.07) is 11.3. The summed E-state index contributed by atoms with van der Waals surface area (Å²) in [6.07, 6.45) is 0. The largest absolute Gasteiger partial charge is 0.437 e. The van der Waals surface area contributed by atoms with Crippen molar-refractivity contribution in [2.45, 2.75) is 0 Å². The van der Waals surface area contributed by atoms with Crippen molar-refractivity contribution < 1.29 is 9.13 Å². The number of aromatic nitrogens is 1. The lowest BCUT2D eigenvalue weighted by molar-refractivity contribution is 0.445. The second-order valence-corrected chi connectivity index (χ2v) is 3.24. The third-order valence-corrected chi connectivity index (χ3v) is 2.05. The van der Waals surface area contributed by atoms with Gasteiger partial charge >= 0.3 is 0 Å². The van der Waals surface area contributed by atoms with Gasteiger partial charge in [-0.3, -0.25) is 0 Å². The molecule has 0 aliphatic carbocycles. The second-order valence-electron chi connectivity index (χ2n) is 2.83. The number of ether oxygens (including phenoxy) is 1. The van der Waals surface area contributed by atoms with Crippen molar-refractivity contribution in [2.24, 2.45) is 0 Å². The topological polar surface area (TPSA) is 22.1 Å². The van der Waals surface area contributed by atoms with Crippen molar-refractivity contribution >= 4 is 11.6 Å². The van der Waals surface area contributed by atoms with Crippen LogP contribution < -0.4 is 4.74 Å². The molecule has 1 heterocycles. The minimum absolute atomic E-state index is 0.183. The fraction of sp³-hybridized carbons (Fsp3) is 0. The number of hydrogen-bond donors (Lipinski definition) is 0. The van der Waals surface area contributed by atoms with Gasteiger partial charge in [-0.05, 0) is 18.2 Å². The van der Waals surface area contributed by atoms with E-state index in [4.69, 9.17) is 16.3 Å². The molecule has 76 valence electrons. The lowest BCUT2D eigenvalue weighted by atomic mass is 10.3. The van der Waals surface area contributed by atoms with Crippen LogP contribution in [0.5, 0.6) is 11.6 Å². The summed E-state index contributed by atoms with van der Waals surface area (Å²) in [5.41, 5.74) is 0. The van der Waals surface area contributed by atoms with E-state index in [0.29, 0.717) is 10.8 Å². The van der Waals surface area contributed by atoms with Gasteiger partial charge in [-0.15, -0.1) is 0 Å². The first-order valence-corrected chi connectivity index (χ1v) is 4.68. The van der Waals surface area contributed by atoms with Gasteiger partial charge in [0.1, 0.15) is 5.75 Å². The standard InChI is InChI=1S/C11H7ClFNO/c12-8-4-1-2-5-9(8)15-11-7-3-6-10(13)14-11/h1-7H. The summed E-state index contributed by atoms with van der Waals surface area (Å²) >= 11 is 5.87. The van der Waals surface area contributed by atoms with Gasteiger partial charge in [0.2, 0.25) is 11.8 Å². The van der Waals surface area contributed by atoms with Crippen LogP contribution in [0.1, 0.15) is 0 Å². The maximum absolute atomic E-state index is 12.7. The molecule has 0 amide bonds. The number of hydrogen-bond acceptors (Lipinski definition) is 2. The molecule has 0 saturated heterocycles. The minimum atomic E-state index is -0.584. The molecule has 0 N–H and O–H groups in total. The summed E-state index contributed by atoms with van der Waals surface area (Å²) in [7, 11) is 0. The smallest absolute Gasteiger partial charge is 0.221 e. The SMILES string of the molecule is Fc1cccc(Oc2ccccc2Cl)n1. The molecule has 0 spiro atoms. The normalized spacial score (nSPS) is 10.0. The van der Waals surface area contributed by atoms with E-state index in [9.17, 15) is 4.39 Å². The molecule has 15 heavy (non-hydrogen) atoms. The number of pyridine rings is 1. The molecule has 0 aliphatic heterocycles. The van der Waals surface area contributed by atoms with E-state index in [1.807, 2.05) is 0 Å². The van der Waals surface area contributed by atoms with E-state index in [-0.39, 0.29) is 5.88 Å².